The molecule has 1 rings (SSSR count). The highest BCUT2D eigenvalue weighted by atomic mass is 15.2. The Kier molecular flexibility index (Phi) is 5.00. The molecule has 0 saturated carbocycles. The lowest BCUT2D eigenvalue weighted by Gasteiger charge is -2.31. The Labute approximate surface area is 124 Å². The van der Waals surface area contributed by atoms with E-state index in [1.54, 1.807) is 0 Å². The van der Waals surface area contributed by atoms with Gasteiger partial charge in [0.25, 0.3) is 0 Å². The van der Waals surface area contributed by atoms with E-state index in [2.05, 4.69) is 70.7 Å². The lowest BCUT2D eigenvalue weighted by Crippen LogP contribution is -2.35. The van der Waals surface area contributed by atoms with Gasteiger partial charge in [-0.25, -0.2) is 9.97 Å². The quantitative estimate of drug-likeness (QED) is 0.913. The van der Waals surface area contributed by atoms with E-state index < -0.39 is 0 Å². The first kappa shape index (κ1) is 16.7. The predicted octanol–water partition coefficient (Wildman–Crippen LogP) is 3.60. The smallest absolute Gasteiger partial charge is 0.138 e. The minimum Gasteiger partial charge on any atom is -0.373 e. The van der Waals surface area contributed by atoms with Gasteiger partial charge in [-0.3, -0.25) is 0 Å². The molecular formula is C16H30N4. The summed E-state index contributed by atoms with van der Waals surface area (Å²) in [6.07, 6.45) is 0. The number of rotatable bonds is 4. The molecule has 114 valence electrons. The highest BCUT2D eigenvalue weighted by Crippen LogP contribution is 2.29. The predicted molar refractivity (Wildman–Crippen MR) is 87.7 cm³/mol. The van der Waals surface area contributed by atoms with E-state index in [0.29, 0.717) is 12.0 Å². The molecule has 0 aliphatic carbocycles. The average molecular weight is 278 g/mol. The molecule has 1 aromatic rings. The number of hydrogen-bond donors (Lipinski definition) is 1. The second kappa shape index (κ2) is 5.98. The Balaban J connectivity index is 3.38. The Bertz CT molecular complexity index is 460. The highest BCUT2D eigenvalue weighted by molar-refractivity contribution is 5.59. The molecule has 0 radical (unpaired) electrons. The molecule has 20 heavy (non-hydrogen) atoms. The largest absolute Gasteiger partial charge is 0.373 e. The van der Waals surface area contributed by atoms with E-state index in [4.69, 9.17) is 4.98 Å². The first-order valence-corrected chi connectivity index (χ1v) is 7.39. The molecule has 0 spiro atoms. The van der Waals surface area contributed by atoms with Crippen molar-refractivity contribution in [2.45, 2.75) is 59.9 Å². The Morgan fingerprint density at radius 3 is 2.05 bits per heavy atom. The van der Waals surface area contributed by atoms with E-state index >= 15 is 0 Å². The van der Waals surface area contributed by atoms with Gasteiger partial charge in [0.1, 0.15) is 17.5 Å². The summed E-state index contributed by atoms with van der Waals surface area (Å²) in [7, 11) is 4.03. The number of nitrogens with zero attached hydrogens (tertiary/aromatic N) is 3. The number of aromatic nitrogens is 2. The van der Waals surface area contributed by atoms with Crippen molar-refractivity contribution in [1.29, 1.82) is 0 Å². The van der Waals surface area contributed by atoms with Crippen LogP contribution in [0.15, 0.2) is 0 Å². The maximum atomic E-state index is 4.83. The van der Waals surface area contributed by atoms with E-state index in [9.17, 15) is 0 Å². The molecule has 0 bridgehead atoms. The van der Waals surface area contributed by atoms with E-state index in [1.807, 2.05) is 7.05 Å². The van der Waals surface area contributed by atoms with Gasteiger partial charge < -0.3 is 10.2 Å². The van der Waals surface area contributed by atoms with Crippen LogP contribution in [0.4, 0.5) is 11.6 Å². The van der Waals surface area contributed by atoms with Crippen molar-refractivity contribution in [2.75, 3.05) is 24.3 Å². The Morgan fingerprint density at radius 1 is 1.10 bits per heavy atom. The van der Waals surface area contributed by atoms with Crippen LogP contribution in [0.25, 0.3) is 0 Å². The van der Waals surface area contributed by atoms with Gasteiger partial charge in [0.2, 0.25) is 0 Å². The fourth-order valence-corrected chi connectivity index (χ4v) is 2.07. The van der Waals surface area contributed by atoms with Gasteiger partial charge in [0, 0.05) is 31.1 Å². The van der Waals surface area contributed by atoms with Gasteiger partial charge in [-0.2, -0.15) is 0 Å². The third-order valence-corrected chi connectivity index (χ3v) is 3.94. The molecule has 1 heterocycles. The molecule has 0 aliphatic rings. The van der Waals surface area contributed by atoms with E-state index in [0.717, 1.165) is 23.0 Å². The van der Waals surface area contributed by atoms with Crippen LogP contribution in [0.5, 0.6) is 0 Å². The van der Waals surface area contributed by atoms with Crippen LogP contribution in [-0.2, 0) is 5.41 Å². The number of nitrogens with one attached hydrogen (secondary N) is 1. The minimum absolute atomic E-state index is 0.0596. The van der Waals surface area contributed by atoms with Crippen molar-refractivity contribution in [1.82, 2.24) is 9.97 Å². The van der Waals surface area contributed by atoms with Crippen LogP contribution >= 0.6 is 0 Å². The topological polar surface area (TPSA) is 41.1 Å². The summed E-state index contributed by atoms with van der Waals surface area (Å²) < 4.78 is 0. The summed E-state index contributed by atoms with van der Waals surface area (Å²) in [5.41, 5.74) is 1.05. The van der Waals surface area contributed by atoms with Crippen molar-refractivity contribution in [2.24, 2.45) is 5.92 Å². The van der Waals surface area contributed by atoms with Gasteiger partial charge in [0.05, 0.1) is 0 Å². The van der Waals surface area contributed by atoms with E-state index in [1.165, 1.54) is 0 Å². The molecule has 0 saturated heterocycles. The maximum absolute atomic E-state index is 4.83. The third-order valence-electron chi connectivity index (χ3n) is 3.94. The van der Waals surface area contributed by atoms with Crippen LogP contribution in [-0.4, -0.2) is 30.1 Å². The zero-order valence-electron chi connectivity index (χ0n) is 14.5. The monoisotopic (exact) mass is 278 g/mol. The minimum atomic E-state index is -0.0596. The van der Waals surface area contributed by atoms with Crippen molar-refractivity contribution in [3.8, 4) is 0 Å². The summed E-state index contributed by atoms with van der Waals surface area (Å²) in [4.78, 5) is 11.8. The number of anilines is 2. The molecule has 0 aromatic carbocycles. The molecule has 1 unspecified atom stereocenters. The maximum Gasteiger partial charge on any atom is 0.138 e. The van der Waals surface area contributed by atoms with Crippen molar-refractivity contribution in [3.05, 3.63) is 11.4 Å². The fourth-order valence-electron chi connectivity index (χ4n) is 2.07. The molecule has 1 aromatic heterocycles. The summed E-state index contributed by atoms with van der Waals surface area (Å²) >= 11 is 0. The van der Waals surface area contributed by atoms with Gasteiger partial charge in [-0.15, -0.1) is 0 Å². The summed E-state index contributed by atoms with van der Waals surface area (Å²) in [6.45, 7) is 15.2. The molecule has 0 fully saturated rings. The molecule has 0 aliphatic heterocycles. The van der Waals surface area contributed by atoms with Crippen molar-refractivity contribution >= 4 is 11.6 Å². The fraction of sp³-hybridized carbons (Fsp3) is 0.750. The molecule has 1 atom stereocenters. The van der Waals surface area contributed by atoms with E-state index in [-0.39, 0.29) is 5.41 Å². The summed E-state index contributed by atoms with van der Waals surface area (Å²) in [5, 5.41) is 3.19. The summed E-state index contributed by atoms with van der Waals surface area (Å²) in [6, 6.07) is 0.432. The second-order valence-corrected chi connectivity index (χ2v) is 6.94. The Morgan fingerprint density at radius 2 is 1.65 bits per heavy atom. The van der Waals surface area contributed by atoms with Crippen LogP contribution in [0.3, 0.4) is 0 Å². The molecule has 4 nitrogen and oxygen atoms in total. The number of hydrogen-bond acceptors (Lipinski definition) is 4. The molecule has 4 heteroatoms. The highest BCUT2D eigenvalue weighted by Gasteiger charge is 2.24. The van der Waals surface area contributed by atoms with Crippen molar-refractivity contribution in [3.63, 3.8) is 0 Å². The zero-order chi connectivity index (χ0) is 15.7. The van der Waals surface area contributed by atoms with Crippen LogP contribution in [0, 0.1) is 12.8 Å². The Hall–Kier alpha value is -1.32. The lowest BCUT2D eigenvalue weighted by atomic mass is 9.95. The van der Waals surface area contributed by atoms with Crippen LogP contribution in [0.2, 0.25) is 0 Å². The van der Waals surface area contributed by atoms with Gasteiger partial charge in [-0.05, 0) is 19.8 Å². The van der Waals surface area contributed by atoms with Gasteiger partial charge in [-0.1, -0.05) is 34.6 Å². The first-order valence-electron chi connectivity index (χ1n) is 7.39. The average Bonchev–Trinajstić information content (AvgIpc) is 2.35. The van der Waals surface area contributed by atoms with Gasteiger partial charge in [0.15, 0.2) is 0 Å². The lowest BCUT2D eigenvalue weighted by molar-refractivity contribution is 0.496. The SMILES string of the molecule is CNc1nc(C(C)(C)C)nc(N(C)C(C)C(C)C)c1C. The van der Waals surface area contributed by atoms with Crippen molar-refractivity contribution < 1.29 is 0 Å². The normalized spacial score (nSPS) is 13.5. The van der Waals surface area contributed by atoms with Crippen LogP contribution < -0.4 is 10.2 Å². The molecule has 1 N–H and O–H groups in total. The molecular weight excluding hydrogens is 248 g/mol. The zero-order valence-corrected chi connectivity index (χ0v) is 14.5. The standard InChI is InChI=1S/C16H30N4/c1-10(2)12(4)20(9)14-11(3)13(17-8)18-15(19-14)16(5,6)7/h10,12H,1-9H3,(H,17,18,19). The summed E-state index contributed by atoms with van der Waals surface area (Å²) in [5.74, 6) is 3.40. The first-order chi connectivity index (χ1) is 9.09. The van der Waals surface area contributed by atoms with Gasteiger partial charge >= 0.3 is 0 Å². The molecule has 0 amide bonds. The second-order valence-electron chi connectivity index (χ2n) is 6.94. The third kappa shape index (κ3) is 3.41. The van der Waals surface area contributed by atoms with Crippen LogP contribution in [0.1, 0.15) is 52.9 Å².